The van der Waals surface area contributed by atoms with Crippen LogP contribution in [0.15, 0.2) is 41.1 Å². The van der Waals surface area contributed by atoms with Crippen LogP contribution < -0.4 is 5.32 Å². The monoisotopic (exact) mass is 357 g/mol. The van der Waals surface area contributed by atoms with Gasteiger partial charge in [0.25, 0.3) is 11.8 Å². The highest BCUT2D eigenvalue weighted by Gasteiger charge is 2.22. The second kappa shape index (κ2) is 8.27. The van der Waals surface area contributed by atoms with Gasteiger partial charge in [0.15, 0.2) is 0 Å². The lowest BCUT2D eigenvalue weighted by Crippen LogP contribution is -2.50. The minimum absolute atomic E-state index is 0.0190. The third-order valence-electron chi connectivity index (χ3n) is 4.42. The van der Waals surface area contributed by atoms with Crippen molar-refractivity contribution in [3.8, 4) is 0 Å². The van der Waals surface area contributed by atoms with E-state index in [1.165, 1.54) is 11.3 Å². The molecule has 0 radical (unpaired) electrons. The molecule has 0 saturated carbocycles. The number of benzene rings is 1. The molecule has 0 unspecified atom stereocenters. The normalized spacial score (nSPS) is 15.2. The van der Waals surface area contributed by atoms with Crippen LogP contribution in [0.3, 0.4) is 0 Å². The lowest BCUT2D eigenvalue weighted by Gasteiger charge is -2.34. The number of nitrogens with zero attached hydrogens (tertiary/aromatic N) is 2. The second-order valence-corrected chi connectivity index (χ2v) is 7.05. The maximum absolute atomic E-state index is 12.5. The van der Waals surface area contributed by atoms with Gasteiger partial charge in [0, 0.05) is 55.8 Å². The van der Waals surface area contributed by atoms with E-state index in [1.807, 2.05) is 52.9 Å². The van der Waals surface area contributed by atoms with Crippen molar-refractivity contribution in [2.24, 2.45) is 0 Å². The highest BCUT2D eigenvalue weighted by Crippen LogP contribution is 2.10. The van der Waals surface area contributed by atoms with Gasteiger partial charge in [0.05, 0.1) is 0 Å². The standard InChI is InChI=1S/C19H23N3O2S/c1-15-3-2-4-16(13-15)19(24)22-10-8-21(9-11-22)7-6-20-18(23)17-5-12-25-14-17/h2-5,12-14H,6-11H2,1H3,(H,20,23). The molecular formula is C19H23N3O2S. The van der Waals surface area contributed by atoms with E-state index in [0.717, 1.165) is 49.4 Å². The lowest BCUT2D eigenvalue weighted by atomic mass is 10.1. The number of hydrogen-bond donors (Lipinski definition) is 1. The Balaban J connectivity index is 1.41. The molecule has 3 rings (SSSR count). The van der Waals surface area contributed by atoms with Gasteiger partial charge in [-0.15, -0.1) is 0 Å². The Hall–Kier alpha value is -2.18. The van der Waals surface area contributed by atoms with Gasteiger partial charge in [-0.05, 0) is 30.5 Å². The van der Waals surface area contributed by atoms with Crippen molar-refractivity contribution < 1.29 is 9.59 Å². The van der Waals surface area contributed by atoms with E-state index < -0.39 is 0 Å². The van der Waals surface area contributed by atoms with Gasteiger partial charge >= 0.3 is 0 Å². The Kier molecular flexibility index (Phi) is 5.83. The number of nitrogens with one attached hydrogen (secondary N) is 1. The zero-order valence-corrected chi connectivity index (χ0v) is 15.2. The van der Waals surface area contributed by atoms with Crippen molar-refractivity contribution in [3.63, 3.8) is 0 Å². The zero-order chi connectivity index (χ0) is 17.6. The smallest absolute Gasteiger partial charge is 0.253 e. The number of rotatable bonds is 5. The number of aryl methyl sites for hydroxylation is 1. The minimum atomic E-state index is -0.0190. The van der Waals surface area contributed by atoms with Crippen molar-refractivity contribution in [1.29, 1.82) is 0 Å². The van der Waals surface area contributed by atoms with E-state index in [2.05, 4.69) is 10.2 Å². The van der Waals surface area contributed by atoms with Crippen molar-refractivity contribution in [1.82, 2.24) is 15.1 Å². The highest BCUT2D eigenvalue weighted by atomic mass is 32.1. The zero-order valence-electron chi connectivity index (χ0n) is 14.4. The molecule has 2 aromatic rings. The summed E-state index contributed by atoms with van der Waals surface area (Å²) in [5, 5.41) is 6.70. The number of hydrogen-bond acceptors (Lipinski definition) is 4. The van der Waals surface area contributed by atoms with Gasteiger partial charge in [-0.2, -0.15) is 11.3 Å². The molecule has 0 aliphatic carbocycles. The molecule has 6 heteroatoms. The number of carbonyl (C=O) groups is 2. The van der Waals surface area contributed by atoms with Crippen LogP contribution in [-0.2, 0) is 0 Å². The summed E-state index contributed by atoms with van der Waals surface area (Å²) in [6.07, 6.45) is 0. The van der Waals surface area contributed by atoms with E-state index in [4.69, 9.17) is 0 Å². The number of thiophene rings is 1. The largest absolute Gasteiger partial charge is 0.351 e. The predicted molar refractivity (Wildman–Crippen MR) is 100 cm³/mol. The van der Waals surface area contributed by atoms with Crippen LogP contribution in [0.1, 0.15) is 26.3 Å². The quantitative estimate of drug-likeness (QED) is 0.893. The van der Waals surface area contributed by atoms with Crippen LogP contribution >= 0.6 is 11.3 Å². The van der Waals surface area contributed by atoms with Crippen LogP contribution in [0.2, 0.25) is 0 Å². The summed E-state index contributed by atoms with van der Waals surface area (Å²) >= 11 is 1.52. The van der Waals surface area contributed by atoms with E-state index in [-0.39, 0.29) is 11.8 Å². The Bertz CT molecular complexity index is 722. The predicted octanol–water partition coefficient (Wildman–Crippen LogP) is 2.24. The summed E-state index contributed by atoms with van der Waals surface area (Å²) in [5.41, 5.74) is 2.58. The molecule has 1 aromatic heterocycles. The highest BCUT2D eigenvalue weighted by molar-refractivity contribution is 7.08. The molecule has 0 bridgehead atoms. The van der Waals surface area contributed by atoms with Gasteiger partial charge in [-0.25, -0.2) is 0 Å². The Morgan fingerprint density at radius 3 is 2.60 bits per heavy atom. The van der Waals surface area contributed by atoms with Crippen LogP contribution in [0.25, 0.3) is 0 Å². The Labute approximate surface area is 152 Å². The summed E-state index contributed by atoms with van der Waals surface area (Å²) in [4.78, 5) is 28.6. The van der Waals surface area contributed by atoms with Crippen molar-refractivity contribution >= 4 is 23.2 Å². The maximum atomic E-state index is 12.5. The molecule has 5 nitrogen and oxygen atoms in total. The fourth-order valence-corrected chi connectivity index (χ4v) is 3.59. The molecule has 0 spiro atoms. The molecule has 1 saturated heterocycles. The molecule has 132 valence electrons. The summed E-state index contributed by atoms with van der Waals surface area (Å²) in [7, 11) is 0. The van der Waals surface area contributed by atoms with Gasteiger partial charge in [-0.1, -0.05) is 17.7 Å². The minimum Gasteiger partial charge on any atom is -0.351 e. The van der Waals surface area contributed by atoms with Gasteiger partial charge in [-0.3, -0.25) is 14.5 Å². The topological polar surface area (TPSA) is 52.7 Å². The first-order chi connectivity index (χ1) is 12.1. The number of amides is 2. The fraction of sp³-hybridized carbons (Fsp3) is 0.368. The lowest BCUT2D eigenvalue weighted by molar-refractivity contribution is 0.0638. The van der Waals surface area contributed by atoms with E-state index in [0.29, 0.717) is 6.54 Å². The number of piperazine rings is 1. The van der Waals surface area contributed by atoms with E-state index in [9.17, 15) is 9.59 Å². The first-order valence-corrected chi connectivity index (χ1v) is 9.46. The van der Waals surface area contributed by atoms with Crippen LogP contribution in [-0.4, -0.2) is 60.9 Å². The molecule has 0 atom stereocenters. The summed E-state index contributed by atoms with van der Waals surface area (Å²) in [6, 6.07) is 9.57. The van der Waals surface area contributed by atoms with Crippen LogP contribution in [0.4, 0.5) is 0 Å². The molecule has 1 aliphatic heterocycles. The van der Waals surface area contributed by atoms with Crippen molar-refractivity contribution in [2.45, 2.75) is 6.92 Å². The van der Waals surface area contributed by atoms with Gasteiger partial charge in [0.1, 0.15) is 0 Å². The SMILES string of the molecule is Cc1cccc(C(=O)N2CCN(CCNC(=O)c3ccsc3)CC2)c1. The second-order valence-electron chi connectivity index (χ2n) is 6.27. The molecule has 1 aromatic carbocycles. The molecule has 2 heterocycles. The van der Waals surface area contributed by atoms with Crippen LogP contribution in [0, 0.1) is 6.92 Å². The third kappa shape index (κ3) is 4.67. The molecular weight excluding hydrogens is 334 g/mol. The first-order valence-electron chi connectivity index (χ1n) is 8.52. The van der Waals surface area contributed by atoms with Crippen molar-refractivity contribution in [2.75, 3.05) is 39.3 Å². The number of carbonyl (C=O) groups excluding carboxylic acids is 2. The van der Waals surface area contributed by atoms with E-state index in [1.54, 1.807) is 0 Å². The molecule has 1 N–H and O–H groups in total. The molecule has 2 amide bonds. The molecule has 1 fully saturated rings. The average Bonchev–Trinajstić information content (AvgIpc) is 3.16. The van der Waals surface area contributed by atoms with Crippen molar-refractivity contribution in [3.05, 3.63) is 57.8 Å². The summed E-state index contributed by atoms with van der Waals surface area (Å²) in [5.74, 6) is 0.0867. The first kappa shape index (κ1) is 17.6. The van der Waals surface area contributed by atoms with Gasteiger partial charge in [0.2, 0.25) is 0 Å². The third-order valence-corrected chi connectivity index (χ3v) is 5.10. The molecule has 25 heavy (non-hydrogen) atoms. The molecule has 1 aliphatic rings. The van der Waals surface area contributed by atoms with Gasteiger partial charge < -0.3 is 10.2 Å². The maximum Gasteiger partial charge on any atom is 0.253 e. The fourth-order valence-electron chi connectivity index (χ4n) is 2.96. The summed E-state index contributed by atoms with van der Waals surface area (Å²) in [6.45, 7) is 6.57. The Morgan fingerprint density at radius 1 is 1.12 bits per heavy atom. The van der Waals surface area contributed by atoms with Crippen LogP contribution in [0.5, 0.6) is 0 Å². The summed E-state index contributed by atoms with van der Waals surface area (Å²) < 4.78 is 0. The Morgan fingerprint density at radius 2 is 1.92 bits per heavy atom. The average molecular weight is 357 g/mol. The van der Waals surface area contributed by atoms with E-state index >= 15 is 0 Å².